The van der Waals surface area contributed by atoms with E-state index in [1.807, 2.05) is 0 Å². The van der Waals surface area contributed by atoms with E-state index in [1.54, 1.807) is 18.2 Å². The van der Waals surface area contributed by atoms with E-state index in [9.17, 15) is 14.3 Å². The fourth-order valence-electron chi connectivity index (χ4n) is 3.66. The van der Waals surface area contributed by atoms with Gasteiger partial charge in [-0.25, -0.2) is 19.2 Å². The Morgan fingerprint density at radius 3 is 2.54 bits per heavy atom. The highest BCUT2D eigenvalue weighted by Crippen LogP contribution is 2.35. The zero-order chi connectivity index (χ0) is 19.8. The number of hydrogen-bond donors (Lipinski definition) is 1. The molecule has 6 nitrogen and oxygen atoms in total. The smallest absolute Gasteiger partial charge is 0.339 e. The van der Waals surface area contributed by atoms with Gasteiger partial charge in [-0.1, -0.05) is 0 Å². The first-order valence-electron chi connectivity index (χ1n) is 9.13. The summed E-state index contributed by atoms with van der Waals surface area (Å²) in [5.74, 6) is -0.493. The summed E-state index contributed by atoms with van der Waals surface area (Å²) in [6.07, 6.45) is 2.10. The number of aromatic carboxylic acids is 1. The summed E-state index contributed by atoms with van der Waals surface area (Å²) in [6.45, 7) is 2.97. The molecule has 28 heavy (non-hydrogen) atoms. The van der Waals surface area contributed by atoms with Crippen molar-refractivity contribution in [2.75, 3.05) is 18.6 Å². The number of benzene rings is 2. The summed E-state index contributed by atoms with van der Waals surface area (Å²) in [6, 6.07) is 9.51. The van der Waals surface area contributed by atoms with Crippen LogP contribution in [-0.2, 0) is 0 Å². The molecule has 3 aromatic rings. The number of halogens is 1. The van der Waals surface area contributed by atoms with Crippen molar-refractivity contribution >= 4 is 22.8 Å². The zero-order valence-corrected chi connectivity index (χ0v) is 15.6. The molecule has 1 saturated heterocycles. The highest BCUT2D eigenvalue weighted by Gasteiger charge is 2.26. The predicted octanol–water partition coefficient (Wildman–Crippen LogP) is 4.13. The van der Waals surface area contributed by atoms with Gasteiger partial charge < -0.3 is 14.7 Å². The van der Waals surface area contributed by atoms with Gasteiger partial charge in [0.05, 0.1) is 18.1 Å². The first kappa shape index (κ1) is 18.2. The van der Waals surface area contributed by atoms with Crippen LogP contribution in [0.15, 0.2) is 36.4 Å². The second-order valence-electron chi connectivity index (χ2n) is 6.93. The van der Waals surface area contributed by atoms with Gasteiger partial charge in [0.25, 0.3) is 0 Å². The summed E-state index contributed by atoms with van der Waals surface area (Å²) >= 11 is 0. The van der Waals surface area contributed by atoms with Gasteiger partial charge in [0.2, 0.25) is 0 Å². The van der Waals surface area contributed by atoms with Crippen LogP contribution >= 0.6 is 0 Å². The number of hydrogen-bond acceptors (Lipinski definition) is 5. The Kier molecular flexibility index (Phi) is 4.58. The van der Waals surface area contributed by atoms with Gasteiger partial charge in [0.1, 0.15) is 22.8 Å². The number of carboxylic acid groups (broad SMARTS) is 1. The molecule has 0 spiro atoms. The Balaban J connectivity index is 1.97. The maximum absolute atomic E-state index is 13.4. The first-order valence-corrected chi connectivity index (χ1v) is 9.13. The van der Waals surface area contributed by atoms with E-state index in [0.29, 0.717) is 28.6 Å². The molecule has 1 aliphatic heterocycles. The fraction of sp³-hybridized carbons (Fsp3) is 0.286. The summed E-state index contributed by atoms with van der Waals surface area (Å²) in [7, 11) is 1.42. The van der Waals surface area contributed by atoms with Gasteiger partial charge in [-0.05, 0) is 50.1 Å². The number of carboxylic acids is 1. The van der Waals surface area contributed by atoms with Crippen LogP contribution < -0.4 is 9.64 Å². The number of anilines is 1. The van der Waals surface area contributed by atoms with E-state index < -0.39 is 5.97 Å². The number of aromatic nitrogens is 2. The van der Waals surface area contributed by atoms with Gasteiger partial charge >= 0.3 is 5.97 Å². The number of rotatable bonds is 4. The van der Waals surface area contributed by atoms with Gasteiger partial charge in [0, 0.05) is 24.2 Å². The van der Waals surface area contributed by atoms with Crippen molar-refractivity contribution in [2.45, 2.75) is 25.8 Å². The molecular formula is C21H20FN3O3. The highest BCUT2D eigenvalue weighted by atomic mass is 19.1. The highest BCUT2D eigenvalue weighted by molar-refractivity contribution is 5.96. The van der Waals surface area contributed by atoms with Crippen LogP contribution in [0, 0.1) is 5.82 Å². The molecule has 0 bridgehead atoms. The maximum atomic E-state index is 13.4. The molecule has 1 atom stereocenters. The molecule has 7 heteroatoms. The molecule has 2 heterocycles. The minimum Gasteiger partial charge on any atom is -0.496 e. The van der Waals surface area contributed by atoms with E-state index in [4.69, 9.17) is 14.7 Å². The molecule has 0 saturated carbocycles. The minimum absolute atomic E-state index is 0.0410. The van der Waals surface area contributed by atoms with Crippen molar-refractivity contribution in [1.82, 2.24) is 9.97 Å². The Labute approximate surface area is 161 Å². The number of ether oxygens (including phenoxy) is 1. The Morgan fingerprint density at radius 2 is 1.93 bits per heavy atom. The lowest BCUT2D eigenvalue weighted by atomic mass is 10.1. The molecule has 1 unspecified atom stereocenters. The lowest BCUT2D eigenvalue weighted by Gasteiger charge is -2.25. The van der Waals surface area contributed by atoms with Crippen molar-refractivity contribution in [3.05, 3.63) is 47.8 Å². The van der Waals surface area contributed by atoms with Crippen LogP contribution in [0.3, 0.4) is 0 Å². The largest absolute Gasteiger partial charge is 0.496 e. The monoisotopic (exact) mass is 381 g/mol. The van der Waals surface area contributed by atoms with Gasteiger partial charge in [-0.3, -0.25) is 0 Å². The lowest BCUT2D eigenvalue weighted by Crippen LogP contribution is -2.28. The van der Waals surface area contributed by atoms with E-state index in [-0.39, 0.29) is 17.1 Å². The average Bonchev–Trinajstić information content (AvgIpc) is 3.12. The number of fused-ring (bicyclic) bond motifs is 1. The third-order valence-corrected chi connectivity index (χ3v) is 5.14. The molecule has 4 rings (SSSR count). The van der Waals surface area contributed by atoms with Crippen LogP contribution in [0.5, 0.6) is 5.75 Å². The van der Waals surface area contributed by atoms with Crippen molar-refractivity contribution in [1.29, 1.82) is 0 Å². The van der Waals surface area contributed by atoms with E-state index in [2.05, 4.69) is 11.8 Å². The van der Waals surface area contributed by atoms with Crippen LogP contribution in [0.1, 0.15) is 30.1 Å². The quantitative estimate of drug-likeness (QED) is 0.732. The summed E-state index contributed by atoms with van der Waals surface area (Å²) < 4.78 is 18.6. The molecule has 2 aromatic carbocycles. The van der Waals surface area contributed by atoms with Crippen molar-refractivity contribution in [2.24, 2.45) is 0 Å². The molecule has 1 fully saturated rings. The standard InChI is InChI=1S/C21H20FN3O3/c1-12-4-3-9-25(12)20-19(13-5-7-14(22)8-6-13)23-17-11-18(28-2)15(21(26)27)10-16(17)24-20/h5-8,10-12H,3-4,9H2,1-2H3,(H,26,27). The third kappa shape index (κ3) is 3.13. The normalized spacial score (nSPS) is 16.5. The van der Waals surface area contributed by atoms with E-state index in [1.165, 1.54) is 25.3 Å². The molecule has 144 valence electrons. The van der Waals surface area contributed by atoms with Crippen molar-refractivity contribution in [3.63, 3.8) is 0 Å². The molecule has 0 aliphatic carbocycles. The SMILES string of the molecule is COc1cc2nc(-c3ccc(F)cc3)c(N3CCCC3C)nc2cc1C(=O)O. The Hall–Kier alpha value is -3.22. The predicted molar refractivity (Wildman–Crippen MR) is 104 cm³/mol. The van der Waals surface area contributed by atoms with Crippen molar-refractivity contribution < 1.29 is 19.0 Å². The molecule has 1 aromatic heterocycles. The maximum Gasteiger partial charge on any atom is 0.339 e. The lowest BCUT2D eigenvalue weighted by molar-refractivity contribution is 0.0693. The van der Waals surface area contributed by atoms with Gasteiger partial charge in [-0.15, -0.1) is 0 Å². The fourth-order valence-corrected chi connectivity index (χ4v) is 3.66. The minimum atomic E-state index is -1.08. The number of nitrogens with zero attached hydrogens (tertiary/aromatic N) is 3. The van der Waals surface area contributed by atoms with E-state index >= 15 is 0 Å². The third-order valence-electron chi connectivity index (χ3n) is 5.14. The van der Waals surface area contributed by atoms with Crippen molar-refractivity contribution in [3.8, 4) is 17.0 Å². The average molecular weight is 381 g/mol. The summed E-state index contributed by atoms with van der Waals surface area (Å²) in [5.41, 5.74) is 2.45. The van der Waals surface area contributed by atoms with Crippen LogP contribution in [-0.4, -0.2) is 40.7 Å². The topological polar surface area (TPSA) is 75.5 Å². The molecule has 1 N–H and O–H groups in total. The second-order valence-corrected chi connectivity index (χ2v) is 6.93. The van der Waals surface area contributed by atoms with Crippen LogP contribution in [0.2, 0.25) is 0 Å². The second kappa shape index (κ2) is 7.07. The van der Waals surface area contributed by atoms with Crippen LogP contribution in [0.4, 0.5) is 10.2 Å². The molecule has 0 radical (unpaired) electrons. The van der Waals surface area contributed by atoms with E-state index in [0.717, 1.165) is 24.9 Å². The zero-order valence-electron chi connectivity index (χ0n) is 15.6. The first-order chi connectivity index (χ1) is 13.5. The molecule has 1 aliphatic rings. The van der Waals surface area contributed by atoms with Crippen LogP contribution in [0.25, 0.3) is 22.3 Å². The van der Waals surface area contributed by atoms with Gasteiger partial charge in [0.15, 0.2) is 5.82 Å². The summed E-state index contributed by atoms with van der Waals surface area (Å²) in [5, 5.41) is 9.46. The molecule has 0 amide bonds. The molecular weight excluding hydrogens is 361 g/mol. The Morgan fingerprint density at radius 1 is 1.21 bits per heavy atom. The number of carbonyl (C=O) groups is 1. The Bertz CT molecular complexity index is 1050. The van der Waals surface area contributed by atoms with Gasteiger partial charge in [-0.2, -0.15) is 0 Å². The number of methoxy groups -OCH3 is 1. The summed E-state index contributed by atoms with van der Waals surface area (Å²) in [4.78, 5) is 23.3.